The number of alkyl halides is 4. The first-order chi connectivity index (χ1) is 6.84. The van der Waals surface area contributed by atoms with Crippen LogP contribution in [0.1, 0.15) is 17.5 Å². The highest BCUT2D eigenvalue weighted by Gasteiger charge is 2.59. The molecule has 1 aromatic rings. The first-order valence-corrected chi connectivity index (χ1v) is 4.42. The van der Waals surface area contributed by atoms with Gasteiger partial charge >= 0.3 is 6.18 Å². The molecule has 2 rings (SSSR count). The predicted molar refractivity (Wildman–Crippen MR) is 45.3 cm³/mol. The summed E-state index contributed by atoms with van der Waals surface area (Å²) < 4.78 is 51.2. The Morgan fingerprint density at radius 2 is 1.93 bits per heavy atom. The van der Waals surface area contributed by atoms with Gasteiger partial charge in [0.1, 0.15) is 5.75 Å². The molecule has 0 bridgehead atoms. The molecule has 0 fully saturated rings. The maximum Gasteiger partial charge on any atom is 0.426 e. The predicted octanol–water partition coefficient (Wildman–Crippen LogP) is 3.07. The van der Waals surface area contributed by atoms with Crippen molar-refractivity contribution in [2.24, 2.45) is 0 Å². The summed E-state index contributed by atoms with van der Waals surface area (Å²) >= 11 is 0. The summed E-state index contributed by atoms with van der Waals surface area (Å²) in [5, 5.41) is 9.07. The van der Waals surface area contributed by atoms with Gasteiger partial charge in [-0.25, -0.2) is 4.39 Å². The van der Waals surface area contributed by atoms with Crippen LogP contribution in [0.15, 0.2) is 18.2 Å². The van der Waals surface area contributed by atoms with Crippen LogP contribution in [0.3, 0.4) is 0 Å². The minimum absolute atomic E-state index is 0.000255. The molecule has 0 aromatic heterocycles. The van der Waals surface area contributed by atoms with Crippen LogP contribution in [0.2, 0.25) is 0 Å². The zero-order valence-electron chi connectivity index (χ0n) is 7.61. The van der Waals surface area contributed by atoms with Crippen LogP contribution in [0.5, 0.6) is 5.75 Å². The van der Waals surface area contributed by atoms with E-state index in [1.54, 1.807) is 0 Å². The van der Waals surface area contributed by atoms with E-state index in [9.17, 15) is 17.6 Å². The molecule has 1 atom stereocenters. The molecular formula is C10H8F4O. The van der Waals surface area contributed by atoms with Gasteiger partial charge in [-0.05, 0) is 30.5 Å². The van der Waals surface area contributed by atoms with Crippen molar-refractivity contribution in [3.05, 3.63) is 29.3 Å². The van der Waals surface area contributed by atoms with E-state index < -0.39 is 18.3 Å². The molecule has 0 aliphatic heterocycles. The highest BCUT2D eigenvalue weighted by Crippen LogP contribution is 2.51. The quantitative estimate of drug-likeness (QED) is 0.666. The van der Waals surface area contributed by atoms with Crippen molar-refractivity contribution in [2.75, 3.05) is 0 Å². The molecule has 0 spiro atoms. The Labute approximate surface area is 83.3 Å². The Morgan fingerprint density at radius 1 is 1.27 bits per heavy atom. The van der Waals surface area contributed by atoms with Crippen LogP contribution in [0, 0.1) is 0 Å². The first-order valence-electron chi connectivity index (χ1n) is 4.42. The summed E-state index contributed by atoms with van der Waals surface area (Å²) in [6, 6.07) is 3.26. The van der Waals surface area contributed by atoms with E-state index in [4.69, 9.17) is 5.11 Å². The third-order valence-electron chi connectivity index (χ3n) is 2.70. The second-order valence-corrected chi connectivity index (χ2v) is 3.64. The number of phenolic OH excluding ortho intramolecular Hbond substituents is 1. The van der Waals surface area contributed by atoms with E-state index in [1.807, 2.05) is 0 Å². The van der Waals surface area contributed by atoms with E-state index in [-0.39, 0.29) is 23.3 Å². The summed E-state index contributed by atoms with van der Waals surface area (Å²) in [4.78, 5) is 0. The molecule has 1 unspecified atom stereocenters. The summed E-state index contributed by atoms with van der Waals surface area (Å²) in [5.41, 5.74) is -3.39. The third kappa shape index (κ3) is 1.37. The van der Waals surface area contributed by atoms with Crippen LogP contribution < -0.4 is 0 Å². The van der Waals surface area contributed by atoms with Crippen LogP contribution in [-0.4, -0.2) is 11.3 Å². The maximum absolute atomic E-state index is 13.7. The number of rotatable bonds is 0. The summed E-state index contributed by atoms with van der Waals surface area (Å²) in [6.07, 6.45) is -5.50. The highest BCUT2D eigenvalue weighted by atomic mass is 19.4. The maximum atomic E-state index is 13.7. The largest absolute Gasteiger partial charge is 0.508 e. The lowest BCUT2D eigenvalue weighted by atomic mass is 9.97. The number of fused-ring (bicyclic) bond motifs is 1. The molecule has 0 amide bonds. The van der Waals surface area contributed by atoms with Crippen LogP contribution in [-0.2, 0) is 12.1 Å². The Balaban J connectivity index is 2.53. The fourth-order valence-electron chi connectivity index (χ4n) is 1.91. The number of hydrogen-bond acceptors (Lipinski definition) is 1. The second-order valence-electron chi connectivity index (χ2n) is 3.64. The molecule has 1 nitrogen and oxygen atoms in total. The van der Waals surface area contributed by atoms with Gasteiger partial charge in [0.2, 0.25) is 5.67 Å². The Morgan fingerprint density at radius 3 is 2.53 bits per heavy atom. The molecule has 0 heterocycles. The molecule has 0 radical (unpaired) electrons. The van der Waals surface area contributed by atoms with Gasteiger partial charge in [-0.3, -0.25) is 0 Å². The van der Waals surface area contributed by atoms with E-state index in [0.29, 0.717) is 0 Å². The van der Waals surface area contributed by atoms with Crippen molar-refractivity contribution < 1.29 is 22.7 Å². The lowest BCUT2D eigenvalue weighted by Gasteiger charge is -2.23. The Bertz CT molecular complexity index is 399. The molecule has 1 N–H and O–H groups in total. The van der Waals surface area contributed by atoms with Gasteiger partial charge in [-0.15, -0.1) is 0 Å². The summed E-state index contributed by atoms with van der Waals surface area (Å²) in [6.45, 7) is 0. The molecule has 1 aliphatic carbocycles. The van der Waals surface area contributed by atoms with Gasteiger partial charge in [0.15, 0.2) is 0 Å². The third-order valence-corrected chi connectivity index (χ3v) is 2.70. The molecular weight excluding hydrogens is 212 g/mol. The van der Waals surface area contributed by atoms with E-state index >= 15 is 0 Å². The SMILES string of the molecule is Oc1ccc2c(c1)CCC2(F)C(F)(F)F. The van der Waals surface area contributed by atoms with Crippen LogP contribution in [0.25, 0.3) is 0 Å². The van der Waals surface area contributed by atoms with Crippen molar-refractivity contribution >= 4 is 0 Å². The standard InChI is InChI=1S/C10H8F4O/c11-9(10(12,13)14)4-3-6-5-7(15)1-2-8(6)9/h1-2,5,15H,3-4H2. The average molecular weight is 220 g/mol. The van der Waals surface area contributed by atoms with Crippen LogP contribution in [0.4, 0.5) is 17.6 Å². The normalized spacial score (nSPS) is 25.3. The van der Waals surface area contributed by atoms with Crippen molar-refractivity contribution in [1.82, 2.24) is 0 Å². The zero-order valence-corrected chi connectivity index (χ0v) is 7.61. The topological polar surface area (TPSA) is 20.2 Å². The monoisotopic (exact) mass is 220 g/mol. The van der Waals surface area contributed by atoms with Crippen molar-refractivity contribution in [2.45, 2.75) is 24.7 Å². The number of phenols is 1. The second kappa shape index (κ2) is 2.87. The van der Waals surface area contributed by atoms with Gasteiger partial charge in [0.25, 0.3) is 0 Å². The number of aromatic hydroxyl groups is 1. The molecule has 1 aliphatic rings. The summed E-state index contributed by atoms with van der Waals surface area (Å²) in [7, 11) is 0. The summed E-state index contributed by atoms with van der Waals surface area (Å²) in [5.74, 6) is -0.139. The van der Waals surface area contributed by atoms with Gasteiger partial charge in [0, 0.05) is 5.56 Å². The number of hydrogen-bond donors (Lipinski definition) is 1. The van der Waals surface area contributed by atoms with Gasteiger partial charge in [0.05, 0.1) is 0 Å². The Hall–Kier alpha value is -1.26. The van der Waals surface area contributed by atoms with E-state index in [1.165, 1.54) is 6.07 Å². The zero-order chi connectivity index (χ0) is 11.3. The number of benzene rings is 1. The molecule has 1 aromatic carbocycles. The molecule has 0 saturated carbocycles. The smallest absolute Gasteiger partial charge is 0.426 e. The van der Waals surface area contributed by atoms with Crippen LogP contribution >= 0.6 is 0 Å². The lowest BCUT2D eigenvalue weighted by molar-refractivity contribution is -0.234. The van der Waals surface area contributed by atoms with Gasteiger partial charge in [-0.1, -0.05) is 6.07 Å². The van der Waals surface area contributed by atoms with Gasteiger partial charge < -0.3 is 5.11 Å². The number of aryl methyl sites for hydroxylation is 1. The Kier molecular flexibility index (Phi) is 1.96. The fraction of sp³-hybridized carbons (Fsp3) is 0.400. The molecule has 0 saturated heterocycles. The van der Waals surface area contributed by atoms with E-state index in [2.05, 4.69) is 0 Å². The highest BCUT2D eigenvalue weighted by molar-refractivity contribution is 5.43. The molecule has 5 heteroatoms. The first kappa shape index (κ1) is 10.3. The van der Waals surface area contributed by atoms with Crippen molar-refractivity contribution in [3.8, 4) is 5.75 Å². The minimum Gasteiger partial charge on any atom is -0.508 e. The van der Waals surface area contributed by atoms with E-state index in [0.717, 1.165) is 12.1 Å². The average Bonchev–Trinajstić information content (AvgIpc) is 2.43. The van der Waals surface area contributed by atoms with Crippen molar-refractivity contribution in [1.29, 1.82) is 0 Å². The minimum atomic E-state index is -4.89. The van der Waals surface area contributed by atoms with Gasteiger partial charge in [-0.2, -0.15) is 13.2 Å². The fourth-order valence-corrected chi connectivity index (χ4v) is 1.91. The lowest BCUT2D eigenvalue weighted by Crippen LogP contribution is -2.35. The number of halogens is 4. The van der Waals surface area contributed by atoms with Crippen molar-refractivity contribution in [3.63, 3.8) is 0 Å². The molecule has 82 valence electrons. The molecule has 15 heavy (non-hydrogen) atoms.